The van der Waals surface area contributed by atoms with Gasteiger partial charge in [0.25, 0.3) is 0 Å². The molecule has 8 aromatic rings. The van der Waals surface area contributed by atoms with Crippen molar-refractivity contribution in [2.45, 2.75) is 0 Å². The van der Waals surface area contributed by atoms with Crippen LogP contribution in [-0.4, -0.2) is 19.7 Å². The van der Waals surface area contributed by atoms with E-state index in [0.717, 1.165) is 0 Å². The Balaban J connectivity index is 0.000000157. The van der Waals surface area contributed by atoms with Gasteiger partial charge >= 0.3 is 152 Å². The fraction of sp³-hybridized carbons (Fsp3) is 0. The summed E-state index contributed by atoms with van der Waals surface area (Å²) in [7, 11) is 0. The van der Waals surface area contributed by atoms with Gasteiger partial charge in [-0.05, 0) is 0 Å². The first-order chi connectivity index (χ1) is 24.8. The van der Waals surface area contributed by atoms with E-state index >= 15 is 0 Å². The third-order valence-corrected chi connectivity index (χ3v) is 18.8. The SMILES string of the molecule is c1ccc([As+](c2ccccc2)(c2ccccc2)c2ccccc2)cc1.c1ccc([B-](c2ccccc2)(c2ccccc2)c2ccccc2)cc1. The van der Waals surface area contributed by atoms with Gasteiger partial charge in [-0.3, -0.25) is 0 Å². The predicted molar refractivity (Wildman–Crippen MR) is 220 cm³/mol. The van der Waals surface area contributed by atoms with Gasteiger partial charge < -0.3 is 0 Å². The van der Waals surface area contributed by atoms with Gasteiger partial charge in [0.05, 0.1) is 0 Å². The van der Waals surface area contributed by atoms with E-state index in [1.165, 1.54) is 39.3 Å². The van der Waals surface area contributed by atoms with Gasteiger partial charge in [0.15, 0.2) is 0 Å². The minimum atomic E-state index is -2.77. The summed E-state index contributed by atoms with van der Waals surface area (Å²) in [5.41, 5.74) is 5.36. The normalized spacial score (nSPS) is 11.2. The third-order valence-electron chi connectivity index (χ3n) is 9.77. The molecule has 0 heterocycles. The van der Waals surface area contributed by atoms with Crippen molar-refractivity contribution >= 4 is 59.0 Å². The standard InChI is InChI=1S/C24H20As.C24H20B/c2*1-5-13-21(14-6-1)25(22-15-7-2-8-16-22,23-17-9-3-10-18-23)24-19-11-4-12-20-24/h2*1-20H/q+1;-1. The Hall–Kier alpha value is -5.62. The zero-order chi connectivity index (χ0) is 33.9. The molecule has 0 aromatic heterocycles. The van der Waals surface area contributed by atoms with Crippen LogP contribution in [0.25, 0.3) is 0 Å². The minimum absolute atomic E-state index is 1.22. The number of hydrogen-bond acceptors (Lipinski definition) is 0. The van der Waals surface area contributed by atoms with Crippen LogP contribution in [-0.2, 0) is 0 Å². The van der Waals surface area contributed by atoms with Crippen LogP contribution in [0.4, 0.5) is 0 Å². The van der Waals surface area contributed by atoms with Crippen LogP contribution in [0, 0.1) is 0 Å². The molecule has 8 aromatic carbocycles. The summed E-state index contributed by atoms with van der Waals surface area (Å²) in [4.78, 5) is 0. The smallest absolute Gasteiger partial charge is 0.108 e. The Bertz CT molecular complexity index is 1670. The molecule has 0 fully saturated rings. The van der Waals surface area contributed by atoms with Crippen molar-refractivity contribution < 1.29 is 0 Å². The largest absolute Gasteiger partial charge is 0.195 e. The van der Waals surface area contributed by atoms with Gasteiger partial charge in [0, 0.05) is 0 Å². The molecule has 0 bridgehead atoms. The van der Waals surface area contributed by atoms with Crippen molar-refractivity contribution in [3.05, 3.63) is 243 Å². The molecule has 0 spiro atoms. The second-order valence-electron chi connectivity index (χ2n) is 12.5. The van der Waals surface area contributed by atoms with Crippen LogP contribution in [0.2, 0.25) is 0 Å². The Kier molecular flexibility index (Phi) is 10.4. The Morgan fingerprint density at radius 3 is 0.540 bits per heavy atom. The van der Waals surface area contributed by atoms with Gasteiger partial charge in [-0.1, -0.05) is 121 Å². The van der Waals surface area contributed by atoms with Crippen molar-refractivity contribution in [2.75, 3.05) is 0 Å². The van der Waals surface area contributed by atoms with E-state index in [-0.39, 0.29) is 0 Å². The predicted octanol–water partition coefficient (Wildman–Crippen LogP) is 6.13. The number of rotatable bonds is 8. The second kappa shape index (κ2) is 15.7. The molecule has 2 heteroatoms. The van der Waals surface area contributed by atoms with E-state index in [1.807, 2.05) is 0 Å². The van der Waals surface area contributed by atoms with E-state index in [0.29, 0.717) is 0 Å². The molecule has 0 aliphatic heterocycles. The molecular formula is C48H40AsB. The summed E-state index contributed by atoms with van der Waals surface area (Å²) in [6, 6.07) is 87.7. The summed E-state index contributed by atoms with van der Waals surface area (Å²) >= 11 is -2.77. The van der Waals surface area contributed by atoms with E-state index in [1.54, 1.807) is 0 Å². The van der Waals surface area contributed by atoms with Crippen molar-refractivity contribution in [1.29, 1.82) is 0 Å². The van der Waals surface area contributed by atoms with Crippen molar-refractivity contribution in [2.24, 2.45) is 0 Å². The summed E-state index contributed by atoms with van der Waals surface area (Å²) in [5.74, 6) is 0. The molecule has 0 aliphatic rings. The Labute approximate surface area is 300 Å². The zero-order valence-corrected chi connectivity index (χ0v) is 30.0. The van der Waals surface area contributed by atoms with Crippen molar-refractivity contribution in [3.63, 3.8) is 0 Å². The molecule has 0 unspecified atom stereocenters. The quantitative estimate of drug-likeness (QED) is 0.168. The maximum Gasteiger partial charge on any atom is 0.108 e. The second-order valence-corrected chi connectivity index (χ2v) is 19.7. The van der Waals surface area contributed by atoms with Gasteiger partial charge in [-0.15, -0.1) is 0 Å². The fourth-order valence-electron chi connectivity index (χ4n) is 7.62. The van der Waals surface area contributed by atoms with Crippen LogP contribution in [0.1, 0.15) is 0 Å². The van der Waals surface area contributed by atoms with Gasteiger partial charge in [0.2, 0.25) is 0 Å². The molecule has 0 radical (unpaired) electrons. The minimum Gasteiger partial charge on any atom is -0.195 e. The average molecular weight is 703 g/mol. The molecule has 8 rings (SSSR count). The molecule has 0 N–H and O–H groups in total. The molecule has 0 saturated heterocycles. The first kappa shape index (κ1) is 32.9. The topological polar surface area (TPSA) is 0 Å². The summed E-state index contributed by atoms with van der Waals surface area (Å²) in [5, 5.41) is 0. The van der Waals surface area contributed by atoms with Gasteiger partial charge in [-0.25, -0.2) is 0 Å². The van der Waals surface area contributed by atoms with Crippen LogP contribution in [0.15, 0.2) is 243 Å². The van der Waals surface area contributed by atoms with Crippen LogP contribution >= 0.6 is 0 Å². The maximum absolute atomic E-state index is 2.77. The summed E-state index contributed by atoms with van der Waals surface area (Å²) in [6.07, 6.45) is -1.22. The van der Waals surface area contributed by atoms with Crippen LogP contribution < -0.4 is 39.3 Å². The van der Waals surface area contributed by atoms with E-state index in [4.69, 9.17) is 0 Å². The first-order valence-corrected chi connectivity index (χ1v) is 21.1. The van der Waals surface area contributed by atoms with Gasteiger partial charge in [0.1, 0.15) is 6.15 Å². The van der Waals surface area contributed by atoms with Crippen LogP contribution in [0.3, 0.4) is 0 Å². The molecule has 0 saturated carbocycles. The monoisotopic (exact) mass is 702 g/mol. The molecular weight excluding hydrogens is 662 g/mol. The number of benzene rings is 8. The summed E-state index contributed by atoms with van der Waals surface area (Å²) in [6.45, 7) is 0. The first-order valence-electron chi connectivity index (χ1n) is 17.3. The average Bonchev–Trinajstić information content (AvgIpc) is 3.22. The molecule has 0 amide bonds. The molecule has 50 heavy (non-hydrogen) atoms. The fourth-order valence-corrected chi connectivity index (χ4v) is 16.6. The van der Waals surface area contributed by atoms with Crippen LogP contribution in [0.5, 0.6) is 0 Å². The molecule has 0 nitrogen and oxygen atoms in total. The molecule has 0 aliphatic carbocycles. The van der Waals surface area contributed by atoms with E-state index < -0.39 is 19.7 Å². The third kappa shape index (κ3) is 6.41. The Morgan fingerprint density at radius 2 is 0.360 bits per heavy atom. The molecule has 0 atom stereocenters. The number of hydrogen-bond donors (Lipinski definition) is 0. The van der Waals surface area contributed by atoms with E-state index in [9.17, 15) is 0 Å². The van der Waals surface area contributed by atoms with E-state index in [2.05, 4.69) is 243 Å². The van der Waals surface area contributed by atoms with Crippen molar-refractivity contribution in [1.82, 2.24) is 0 Å². The van der Waals surface area contributed by atoms with Crippen molar-refractivity contribution in [3.8, 4) is 0 Å². The van der Waals surface area contributed by atoms with Gasteiger partial charge in [-0.2, -0.15) is 21.9 Å². The zero-order valence-electron chi connectivity index (χ0n) is 28.1. The Morgan fingerprint density at radius 1 is 0.200 bits per heavy atom. The summed E-state index contributed by atoms with van der Waals surface area (Å²) < 4.78 is 5.79. The molecule has 240 valence electrons. The maximum atomic E-state index is 2.31.